The van der Waals surface area contributed by atoms with Gasteiger partial charge in [0.05, 0.1) is 12.0 Å². The van der Waals surface area contributed by atoms with E-state index in [4.69, 9.17) is 0 Å². The summed E-state index contributed by atoms with van der Waals surface area (Å²) in [4.78, 5) is 0. The number of hydrogen-bond acceptors (Lipinski definition) is 1. The molecular formula is C10H10F3IO. The topological polar surface area (TPSA) is 20.2 Å². The van der Waals surface area contributed by atoms with Gasteiger partial charge in [0.15, 0.2) is 0 Å². The Labute approximate surface area is 99.4 Å². The molecule has 5 heteroatoms. The number of hydrogen-bond donors (Lipinski definition) is 1. The van der Waals surface area contributed by atoms with Crippen LogP contribution in [0.1, 0.15) is 18.9 Å². The van der Waals surface area contributed by atoms with E-state index >= 15 is 0 Å². The van der Waals surface area contributed by atoms with E-state index in [0.717, 1.165) is 0 Å². The highest BCUT2D eigenvalue weighted by Gasteiger charge is 2.39. The fourth-order valence-corrected chi connectivity index (χ4v) is 2.35. The number of benzene rings is 1. The number of rotatable bonds is 2. The van der Waals surface area contributed by atoms with E-state index in [0.29, 0.717) is 9.13 Å². The zero-order valence-electron chi connectivity index (χ0n) is 7.98. The normalized spacial score (nSPS) is 16.1. The summed E-state index contributed by atoms with van der Waals surface area (Å²) in [6, 6.07) is 6.51. The third-order valence-corrected chi connectivity index (χ3v) is 2.94. The van der Waals surface area contributed by atoms with E-state index in [1.54, 1.807) is 18.2 Å². The van der Waals surface area contributed by atoms with Crippen molar-refractivity contribution in [1.29, 1.82) is 0 Å². The van der Waals surface area contributed by atoms with Crippen LogP contribution in [0.15, 0.2) is 24.3 Å². The van der Waals surface area contributed by atoms with Gasteiger partial charge in [-0.25, -0.2) is 0 Å². The zero-order valence-corrected chi connectivity index (χ0v) is 10.1. The average molecular weight is 330 g/mol. The zero-order chi connectivity index (χ0) is 11.7. The molecule has 1 aromatic carbocycles. The monoisotopic (exact) mass is 330 g/mol. The predicted octanol–water partition coefficient (Wildman–Crippen LogP) is 3.45. The summed E-state index contributed by atoms with van der Waals surface area (Å²) in [5.74, 6) is 0. The van der Waals surface area contributed by atoms with Gasteiger partial charge in [-0.2, -0.15) is 13.2 Å². The van der Waals surface area contributed by atoms with E-state index in [9.17, 15) is 18.3 Å². The smallest absolute Gasteiger partial charge is 0.385 e. The second kappa shape index (κ2) is 4.29. The molecule has 0 radical (unpaired) electrons. The third-order valence-electron chi connectivity index (χ3n) is 2.00. The van der Waals surface area contributed by atoms with Crippen molar-refractivity contribution in [3.05, 3.63) is 33.4 Å². The Bertz CT molecular complexity index is 347. The van der Waals surface area contributed by atoms with Crippen LogP contribution in [0.3, 0.4) is 0 Å². The van der Waals surface area contributed by atoms with Crippen molar-refractivity contribution in [3.63, 3.8) is 0 Å². The second-order valence-electron chi connectivity index (χ2n) is 3.55. The summed E-state index contributed by atoms with van der Waals surface area (Å²) in [6.45, 7) is 1.18. The molecule has 1 rings (SSSR count). The molecule has 1 nitrogen and oxygen atoms in total. The lowest BCUT2D eigenvalue weighted by molar-refractivity contribution is -0.174. The van der Waals surface area contributed by atoms with Gasteiger partial charge >= 0.3 is 6.18 Å². The van der Waals surface area contributed by atoms with Gasteiger partial charge < -0.3 is 5.11 Å². The van der Waals surface area contributed by atoms with Crippen molar-refractivity contribution in [2.24, 2.45) is 0 Å². The highest BCUT2D eigenvalue weighted by Crippen LogP contribution is 2.35. The molecule has 0 saturated carbocycles. The van der Waals surface area contributed by atoms with Crippen molar-refractivity contribution in [2.45, 2.75) is 25.1 Å². The van der Waals surface area contributed by atoms with Crippen molar-refractivity contribution in [1.82, 2.24) is 0 Å². The Balaban J connectivity index is 3.01. The highest BCUT2D eigenvalue weighted by molar-refractivity contribution is 14.1. The molecule has 15 heavy (non-hydrogen) atoms. The minimum Gasteiger partial charge on any atom is -0.385 e. The van der Waals surface area contributed by atoms with E-state index in [1.807, 2.05) is 22.6 Å². The SMILES string of the molecule is CC(O)(CC(F)(F)F)c1ccccc1I. The summed E-state index contributed by atoms with van der Waals surface area (Å²) in [6.07, 6.45) is -5.61. The standard InChI is InChI=1S/C10H10F3IO/c1-9(15,6-10(11,12)13)7-4-2-3-5-8(7)14/h2-5,15H,6H2,1H3. The molecule has 84 valence electrons. The lowest BCUT2D eigenvalue weighted by Crippen LogP contribution is -2.29. The molecule has 0 aliphatic heterocycles. The Hall–Kier alpha value is -0.300. The van der Waals surface area contributed by atoms with E-state index in [-0.39, 0.29) is 0 Å². The molecule has 1 N–H and O–H groups in total. The molecule has 0 heterocycles. The second-order valence-corrected chi connectivity index (χ2v) is 4.71. The summed E-state index contributed by atoms with van der Waals surface area (Å²) in [5.41, 5.74) is -1.56. The largest absolute Gasteiger partial charge is 0.392 e. The number of aliphatic hydroxyl groups is 1. The van der Waals surface area contributed by atoms with Gasteiger partial charge in [-0.15, -0.1) is 0 Å². The molecule has 0 spiro atoms. The van der Waals surface area contributed by atoms with Gasteiger partial charge in [0, 0.05) is 3.57 Å². The van der Waals surface area contributed by atoms with Crippen LogP contribution >= 0.6 is 22.6 Å². The molecule has 0 aliphatic rings. The van der Waals surface area contributed by atoms with Gasteiger partial charge in [0.25, 0.3) is 0 Å². The Morgan fingerprint density at radius 3 is 2.27 bits per heavy atom. The molecule has 0 bridgehead atoms. The van der Waals surface area contributed by atoms with E-state index in [2.05, 4.69) is 0 Å². The van der Waals surface area contributed by atoms with Gasteiger partial charge in [0.1, 0.15) is 0 Å². The van der Waals surface area contributed by atoms with Crippen LogP contribution in [0.5, 0.6) is 0 Å². The minimum absolute atomic E-state index is 0.308. The van der Waals surface area contributed by atoms with Crippen molar-refractivity contribution >= 4 is 22.6 Å². The summed E-state index contributed by atoms with van der Waals surface area (Å²) in [5, 5.41) is 9.78. The first-order chi connectivity index (χ1) is 6.72. The fraction of sp³-hybridized carbons (Fsp3) is 0.400. The lowest BCUT2D eigenvalue weighted by Gasteiger charge is -2.26. The van der Waals surface area contributed by atoms with Crippen molar-refractivity contribution < 1.29 is 18.3 Å². The quantitative estimate of drug-likeness (QED) is 0.824. The molecule has 1 aromatic rings. The lowest BCUT2D eigenvalue weighted by atomic mass is 9.92. The van der Waals surface area contributed by atoms with Gasteiger partial charge in [-0.3, -0.25) is 0 Å². The van der Waals surface area contributed by atoms with Crippen LogP contribution in [0.2, 0.25) is 0 Å². The van der Waals surface area contributed by atoms with Crippen LogP contribution < -0.4 is 0 Å². The third kappa shape index (κ3) is 3.64. The number of halogens is 4. The molecule has 1 unspecified atom stereocenters. The van der Waals surface area contributed by atoms with Gasteiger partial charge in [0.2, 0.25) is 0 Å². The predicted molar refractivity (Wildman–Crippen MR) is 59.4 cm³/mol. The maximum absolute atomic E-state index is 12.2. The maximum Gasteiger partial charge on any atom is 0.392 e. The fourth-order valence-electron chi connectivity index (χ4n) is 1.38. The first-order valence-corrected chi connectivity index (χ1v) is 5.34. The van der Waals surface area contributed by atoms with Gasteiger partial charge in [-0.1, -0.05) is 18.2 Å². The van der Waals surface area contributed by atoms with Crippen LogP contribution in [0.25, 0.3) is 0 Å². The maximum atomic E-state index is 12.2. The molecule has 0 fully saturated rings. The van der Waals surface area contributed by atoms with Crippen LogP contribution in [-0.2, 0) is 5.60 Å². The first kappa shape index (κ1) is 12.8. The molecule has 0 aromatic heterocycles. The Morgan fingerprint density at radius 1 is 1.27 bits per heavy atom. The molecule has 1 atom stereocenters. The Morgan fingerprint density at radius 2 is 1.80 bits per heavy atom. The van der Waals surface area contributed by atoms with Crippen LogP contribution in [0.4, 0.5) is 13.2 Å². The molecule has 0 saturated heterocycles. The molecule has 0 aliphatic carbocycles. The molecule has 0 amide bonds. The highest BCUT2D eigenvalue weighted by atomic mass is 127. The first-order valence-electron chi connectivity index (χ1n) is 4.26. The number of alkyl halides is 3. The average Bonchev–Trinajstić information content (AvgIpc) is 1.99. The van der Waals surface area contributed by atoms with Gasteiger partial charge in [-0.05, 0) is 41.1 Å². The summed E-state index contributed by atoms with van der Waals surface area (Å²) >= 11 is 1.91. The van der Waals surface area contributed by atoms with Crippen molar-refractivity contribution in [2.75, 3.05) is 0 Å². The minimum atomic E-state index is -4.37. The van der Waals surface area contributed by atoms with E-state index < -0.39 is 18.2 Å². The molecular weight excluding hydrogens is 320 g/mol. The van der Waals surface area contributed by atoms with Crippen molar-refractivity contribution in [3.8, 4) is 0 Å². The summed E-state index contributed by atoms with van der Waals surface area (Å²) < 4.78 is 37.2. The van der Waals surface area contributed by atoms with Crippen LogP contribution in [-0.4, -0.2) is 11.3 Å². The van der Waals surface area contributed by atoms with E-state index in [1.165, 1.54) is 13.0 Å². The Kier molecular flexibility index (Phi) is 3.65. The summed E-state index contributed by atoms with van der Waals surface area (Å²) in [7, 11) is 0. The van der Waals surface area contributed by atoms with Crippen LogP contribution in [0, 0.1) is 3.57 Å².